The van der Waals surface area contributed by atoms with Crippen molar-refractivity contribution < 1.29 is 9.21 Å². The summed E-state index contributed by atoms with van der Waals surface area (Å²) in [5, 5.41) is 4.24. The van der Waals surface area contributed by atoms with Crippen LogP contribution >= 0.6 is 22.9 Å². The molecule has 0 spiro atoms. The van der Waals surface area contributed by atoms with Gasteiger partial charge >= 0.3 is 0 Å². The lowest BCUT2D eigenvalue weighted by Crippen LogP contribution is -2.11. The lowest BCUT2D eigenvalue weighted by Gasteiger charge is -2.01. The van der Waals surface area contributed by atoms with E-state index in [-0.39, 0.29) is 5.91 Å². The number of aryl methyl sites for hydroxylation is 3. The minimum absolute atomic E-state index is 0.0582. The Morgan fingerprint density at radius 2 is 2.12 bits per heavy atom. The SMILES string of the molecule is Cc1ccc(CCC(=O)Nc2nc(C)c(Cc3cccc(Cl)c3)s2)o1. The zero-order valence-electron chi connectivity index (χ0n) is 14.1. The molecular formula is C19H19ClN2O2S. The summed E-state index contributed by atoms with van der Waals surface area (Å²) in [4.78, 5) is 17.7. The van der Waals surface area contributed by atoms with Gasteiger partial charge in [-0.1, -0.05) is 23.7 Å². The van der Waals surface area contributed by atoms with Gasteiger partial charge in [0, 0.05) is 29.2 Å². The number of rotatable bonds is 6. The molecule has 0 aliphatic heterocycles. The minimum atomic E-state index is -0.0582. The van der Waals surface area contributed by atoms with Crippen LogP contribution < -0.4 is 5.32 Å². The fourth-order valence-corrected chi connectivity index (χ4v) is 3.74. The van der Waals surface area contributed by atoms with Crippen molar-refractivity contribution in [3.05, 3.63) is 69.1 Å². The highest BCUT2D eigenvalue weighted by atomic mass is 35.5. The molecule has 25 heavy (non-hydrogen) atoms. The van der Waals surface area contributed by atoms with Crippen molar-refractivity contribution in [3.63, 3.8) is 0 Å². The van der Waals surface area contributed by atoms with Gasteiger partial charge in [0.2, 0.25) is 5.91 Å². The first-order valence-corrected chi connectivity index (χ1v) is 9.25. The predicted molar refractivity (Wildman–Crippen MR) is 102 cm³/mol. The van der Waals surface area contributed by atoms with Crippen LogP contribution in [0.4, 0.5) is 5.13 Å². The molecule has 2 aromatic heterocycles. The average Bonchev–Trinajstić information content (AvgIpc) is 3.11. The second-order valence-electron chi connectivity index (χ2n) is 5.89. The molecule has 6 heteroatoms. The van der Waals surface area contributed by atoms with Gasteiger partial charge < -0.3 is 9.73 Å². The number of nitrogens with zero attached hydrogens (tertiary/aromatic N) is 1. The maximum Gasteiger partial charge on any atom is 0.226 e. The summed E-state index contributed by atoms with van der Waals surface area (Å²) in [7, 11) is 0. The molecule has 0 aliphatic carbocycles. The molecule has 0 bridgehead atoms. The number of amides is 1. The first-order valence-electron chi connectivity index (χ1n) is 8.05. The fourth-order valence-electron chi connectivity index (χ4n) is 2.52. The number of hydrogen-bond donors (Lipinski definition) is 1. The standard InChI is InChI=1S/C19H19ClN2O2S/c1-12-6-7-16(24-12)8-9-18(23)22-19-21-13(2)17(25-19)11-14-4-3-5-15(20)10-14/h3-7,10H,8-9,11H2,1-2H3,(H,21,22,23). The quantitative estimate of drug-likeness (QED) is 0.647. The van der Waals surface area contributed by atoms with Gasteiger partial charge in [-0.2, -0.15) is 0 Å². The van der Waals surface area contributed by atoms with E-state index in [1.165, 1.54) is 11.3 Å². The number of halogens is 1. The summed E-state index contributed by atoms with van der Waals surface area (Å²) >= 11 is 7.54. The molecule has 0 saturated heterocycles. The van der Waals surface area contributed by atoms with Gasteiger partial charge in [-0.3, -0.25) is 4.79 Å². The van der Waals surface area contributed by atoms with Gasteiger partial charge in [0.05, 0.1) is 5.69 Å². The largest absolute Gasteiger partial charge is 0.466 e. The van der Waals surface area contributed by atoms with E-state index < -0.39 is 0 Å². The number of furan rings is 1. The van der Waals surface area contributed by atoms with Gasteiger partial charge in [-0.25, -0.2) is 4.98 Å². The normalized spacial score (nSPS) is 10.8. The molecule has 3 aromatic rings. The second kappa shape index (κ2) is 7.85. The fraction of sp³-hybridized carbons (Fsp3) is 0.263. The highest BCUT2D eigenvalue weighted by molar-refractivity contribution is 7.15. The molecule has 1 aromatic carbocycles. The Labute approximate surface area is 155 Å². The average molecular weight is 375 g/mol. The number of aromatic nitrogens is 1. The Hall–Kier alpha value is -2.11. The van der Waals surface area contributed by atoms with E-state index in [1.807, 2.05) is 50.2 Å². The maximum atomic E-state index is 12.1. The molecule has 0 radical (unpaired) electrons. The van der Waals surface area contributed by atoms with Gasteiger partial charge in [0.25, 0.3) is 0 Å². The second-order valence-corrected chi connectivity index (χ2v) is 7.41. The van der Waals surface area contributed by atoms with Crippen molar-refractivity contribution in [2.45, 2.75) is 33.1 Å². The smallest absolute Gasteiger partial charge is 0.226 e. The van der Waals surface area contributed by atoms with Crippen molar-refractivity contribution in [3.8, 4) is 0 Å². The number of thiazole rings is 1. The number of benzene rings is 1. The summed E-state index contributed by atoms with van der Waals surface area (Å²) in [6.45, 7) is 3.85. The van der Waals surface area contributed by atoms with E-state index in [0.29, 0.717) is 18.0 Å². The molecule has 0 atom stereocenters. The molecule has 0 saturated carbocycles. The van der Waals surface area contributed by atoms with Crippen LogP contribution in [0.25, 0.3) is 0 Å². The van der Waals surface area contributed by atoms with E-state index in [0.717, 1.165) is 39.1 Å². The Balaban J connectivity index is 1.58. The highest BCUT2D eigenvalue weighted by Crippen LogP contribution is 2.26. The summed E-state index contributed by atoms with van der Waals surface area (Å²) in [6, 6.07) is 11.6. The third kappa shape index (κ3) is 4.94. The van der Waals surface area contributed by atoms with E-state index in [1.54, 1.807) is 0 Å². The van der Waals surface area contributed by atoms with Gasteiger partial charge in [-0.05, 0) is 43.7 Å². The van der Waals surface area contributed by atoms with Crippen LogP contribution in [0.3, 0.4) is 0 Å². The zero-order chi connectivity index (χ0) is 17.8. The van der Waals surface area contributed by atoms with Gasteiger partial charge in [0.15, 0.2) is 5.13 Å². The molecule has 4 nitrogen and oxygen atoms in total. The Bertz CT molecular complexity index is 885. The van der Waals surface area contributed by atoms with Crippen LogP contribution in [0.5, 0.6) is 0 Å². The molecular weight excluding hydrogens is 356 g/mol. The molecule has 3 rings (SSSR count). The van der Waals surface area contributed by atoms with Crippen LogP contribution in [0.15, 0.2) is 40.8 Å². The monoisotopic (exact) mass is 374 g/mol. The third-order valence-electron chi connectivity index (χ3n) is 3.79. The van der Waals surface area contributed by atoms with Gasteiger partial charge in [0.1, 0.15) is 11.5 Å². The van der Waals surface area contributed by atoms with Crippen LogP contribution in [0.1, 0.15) is 34.1 Å². The summed E-state index contributed by atoms with van der Waals surface area (Å²) in [5.41, 5.74) is 2.06. The summed E-state index contributed by atoms with van der Waals surface area (Å²) < 4.78 is 5.48. The lowest BCUT2D eigenvalue weighted by molar-refractivity contribution is -0.116. The number of nitrogens with one attached hydrogen (secondary N) is 1. The van der Waals surface area contributed by atoms with E-state index >= 15 is 0 Å². The van der Waals surface area contributed by atoms with Crippen LogP contribution in [0.2, 0.25) is 5.02 Å². The van der Waals surface area contributed by atoms with Crippen LogP contribution in [-0.2, 0) is 17.6 Å². The van der Waals surface area contributed by atoms with E-state index in [2.05, 4.69) is 10.3 Å². The van der Waals surface area contributed by atoms with Crippen LogP contribution in [-0.4, -0.2) is 10.9 Å². The zero-order valence-corrected chi connectivity index (χ0v) is 15.7. The van der Waals surface area contributed by atoms with Crippen molar-refractivity contribution >= 4 is 34.0 Å². The Morgan fingerprint density at radius 3 is 2.84 bits per heavy atom. The predicted octanol–water partition coefficient (Wildman–Crippen LogP) is 5.17. The number of carbonyl (C=O) groups excluding carboxylic acids is 1. The van der Waals surface area contributed by atoms with Gasteiger partial charge in [-0.15, -0.1) is 11.3 Å². The number of hydrogen-bond acceptors (Lipinski definition) is 4. The Kier molecular flexibility index (Phi) is 5.56. The molecule has 2 heterocycles. The molecule has 0 aliphatic rings. The van der Waals surface area contributed by atoms with Crippen molar-refractivity contribution in [2.24, 2.45) is 0 Å². The molecule has 0 unspecified atom stereocenters. The van der Waals surface area contributed by atoms with Crippen molar-refractivity contribution in [1.82, 2.24) is 4.98 Å². The number of carbonyl (C=O) groups is 1. The molecule has 0 fully saturated rings. The molecule has 1 N–H and O–H groups in total. The minimum Gasteiger partial charge on any atom is -0.466 e. The highest BCUT2D eigenvalue weighted by Gasteiger charge is 2.12. The Morgan fingerprint density at radius 1 is 1.28 bits per heavy atom. The lowest BCUT2D eigenvalue weighted by atomic mass is 10.1. The topological polar surface area (TPSA) is 55.1 Å². The van der Waals surface area contributed by atoms with Crippen molar-refractivity contribution in [2.75, 3.05) is 5.32 Å². The maximum absolute atomic E-state index is 12.1. The van der Waals surface area contributed by atoms with Crippen LogP contribution in [0, 0.1) is 13.8 Å². The van der Waals surface area contributed by atoms with E-state index in [9.17, 15) is 4.79 Å². The summed E-state index contributed by atoms with van der Waals surface area (Å²) in [5.74, 6) is 1.62. The number of anilines is 1. The first kappa shape index (κ1) is 17.7. The molecule has 130 valence electrons. The summed E-state index contributed by atoms with van der Waals surface area (Å²) in [6.07, 6.45) is 1.71. The van der Waals surface area contributed by atoms with Crippen molar-refractivity contribution in [1.29, 1.82) is 0 Å². The third-order valence-corrected chi connectivity index (χ3v) is 5.10. The molecule has 1 amide bonds. The van der Waals surface area contributed by atoms with E-state index in [4.69, 9.17) is 16.0 Å². The first-order chi connectivity index (χ1) is 12.0.